The zero-order valence-corrected chi connectivity index (χ0v) is 13.7. The van der Waals surface area contributed by atoms with E-state index in [1.54, 1.807) is 0 Å². The minimum absolute atomic E-state index is 0.0745. The van der Waals surface area contributed by atoms with E-state index < -0.39 is 0 Å². The molecule has 0 amide bonds. The van der Waals surface area contributed by atoms with Crippen molar-refractivity contribution in [2.45, 2.75) is 32.9 Å². The van der Waals surface area contributed by atoms with Crippen LogP contribution < -0.4 is 10.1 Å². The third kappa shape index (κ3) is 3.78. The van der Waals surface area contributed by atoms with Crippen LogP contribution in [0, 0.1) is 6.92 Å². The number of ether oxygens (including phenoxy) is 1. The van der Waals surface area contributed by atoms with Crippen LogP contribution in [0.3, 0.4) is 0 Å². The number of halogens is 1. The molecule has 112 valence electrons. The van der Waals surface area contributed by atoms with Gasteiger partial charge in [-0.2, -0.15) is 0 Å². The summed E-state index contributed by atoms with van der Waals surface area (Å²) < 4.78 is 5.68. The number of hydrogen-bond donors (Lipinski definition) is 1. The first-order chi connectivity index (χ1) is 10.0. The Kier molecular flexibility index (Phi) is 5.27. The normalized spacial score (nSPS) is 12.5. The van der Waals surface area contributed by atoms with Crippen molar-refractivity contribution in [3.8, 4) is 5.75 Å². The molecule has 0 aliphatic heterocycles. The molecule has 3 heteroatoms. The van der Waals surface area contributed by atoms with E-state index in [9.17, 15) is 0 Å². The average Bonchev–Trinajstić information content (AvgIpc) is 2.45. The van der Waals surface area contributed by atoms with Crippen molar-refractivity contribution in [2.24, 2.45) is 0 Å². The van der Waals surface area contributed by atoms with Gasteiger partial charge >= 0.3 is 0 Å². The van der Waals surface area contributed by atoms with Crippen LogP contribution in [0.4, 0.5) is 0 Å². The summed E-state index contributed by atoms with van der Waals surface area (Å²) in [5.41, 5.74) is 3.35. The summed E-state index contributed by atoms with van der Waals surface area (Å²) >= 11 is 6.45. The Balaban J connectivity index is 2.31. The fourth-order valence-corrected chi connectivity index (χ4v) is 2.64. The number of hydrogen-bond acceptors (Lipinski definition) is 2. The van der Waals surface area contributed by atoms with Gasteiger partial charge in [0, 0.05) is 5.02 Å². The van der Waals surface area contributed by atoms with Crippen LogP contribution in [0.1, 0.15) is 36.6 Å². The molecule has 0 spiro atoms. The second-order valence-electron chi connectivity index (χ2n) is 5.44. The molecule has 0 aliphatic rings. The molecular weight excluding hydrogens is 282 g/mol. The molecule has 2 nitrogen and oxygen atoms in total. The lowest BCUT2D eigenvalue weighted by molar-refractivity contribution is 0.242. The second kappa shape index (κ2) is 6.97. The van der Waals surface area contributed by atoms with Gasteiger partial charge < -0.3 is 10.1 Å². The molecule has 0 aromatic heterocycles. The molecule has 1 unspecified atom stereocenters. The number of rotatable bonds is 5. The average molecular weight is 304 g/mol. The summed E-state index contributed by atoms with van der Waals surface area (Å²) in [6.07, 6.45) is 0.183. The third-order valence-corrected chi connectivity index (χ3v) is 3.92. The van der Waals surface area contributed by atoms with E-state index in [0.717, 1.165) is 21.9 Å². The van der Waals surface area contributed by atoms with Gasteiger partial charge in [-0.05, 0) is 56.6 Å². The minimum Gasteiger partial charge on any atom is -0.491 e. The van der Waals surface area contributed by atoms with Crippen molar-refractivity contribution < 1.29 is 4.74 Å². The first-order valence-electron chi connectivity index (χ1n) is 7.21. The maximum Gasteiger partial charge on any atom is 0.119 e. The van der Waals surface area contributed by atoms with Crippen LogP contribution in [-0.4, -0.2) is 13.2 Å². The standard InChI is InChI=1S/C18H22ClNO/c1-12(2)21-15-10-8-14(9-11-15)18(20-4)16-7-5-6-13(3)17(16)19/h5-12,18,20H,1-4H3. The summed E-state index contributed by atoms with van der Waals surface area (Å²) in [6, 6.07) is 14.4. The van der Waals surface area contributed by atoms with E-state index in [4.69, 9.17) is 16.3 Å². The third-order valence-electron chi connectivity index (χ3n) is 3.41. The zero-order chi connectivity index (χ0) is 15.4. The Morgan fingerprint density at radius 1 is 1.05 bits per heavy atom. The molecule has 0 fully saturated rings. The van der Waals surface area contributed by atoms with E-state index in [1.165, 1.54) is 5.56 Å². The molecule has 2 rings (SSSR count). The molecule has 1 atom stereocenters. The van der Waals surface area contributed by atoms with E-state index in [1.807, 2.05) is 52.1 Å². The Labute approximate surface area is 132 Å². The summed E-state index contributed by atoms with van der Waals surface area (Å²) in [6.45, 7) is 6.08. The highest BCUT2D eigenvalue weighted by molar-refractivity contribution is 6.32. The predicted octanol–water partition coefficient (Wildman–Crippen LogP) is 4.74. The fourth-order valence-electron chi connectivity index (χ4n) is 2.41. The van der Waals surface area contributed by atoms with Gasteiger partial charge in [-0.15, -0.1) is 0 Å². The molecule has 1 N–H and O–H groups in total. The second-order valence-corrected chi connectivity index (χ2v) is 5.81. The smallest absolute Gasteiger partial charge is 0.119 e. The predicted molar refractivity (Wildman–Crippen MR) is 89.3 cm³/mol. The van der Waals surface area contributed by atoms with Gasteiger partial charge in [0.15, 0.2) is 0 Å². The highest BCUT2D eigenvalue weighted by Gasteiger charge is 2.16. The Hall–Kier alpha value is -1.51. The van der Waals surface area contributed by atoms with Crippen LogP contribution in [-0.2, 0) is 0 Å². The summed E-state index contributed by atoms with van der Waals surface area (Å²) in [5, 5.41) is 4.16. The van der Waals surface area contributed by atoms with Crippen molar-refractivity contribution in [1.82, 2.24) is 5.32 Å². The van der Waals surface area contributed by atoms with Crippen LogP contribution >= 0.6 is 11.6 Å². The maximum atomic E-state index is 6.45. The molecule has 0 bridgehead atoms. The largest absolute Gasteiger partial charge is 0.491 e. The first-order valence-corrected chi connectivity index (χ1v) is 7.59. The Morgan fingerprint density at radius 3 is 2.29 bits per heavy atom. The number of benzene rings is 2. The van der Waals surface area contributed by atoms with Gasteiger partial charge in [-0.25, -0.2) is 0 Å². The topological polar surface area (TPSA) is 21.3 Å². The van der Waals surface area contributed by atoms with Crippen molar-refractivity contribution in [3.05, 3.63) is 64.2 Å². The highest BCUT2D eigenvalue weighted by atomic mass is 35.5. The van der Waals surface area contributed by atoms with Gasteiger partial charge in [-0.1, -0.05) is 41.9 Å². The Bertz CT molecular complexity index is 593. The molecule has 0 radical (unpaired) electrons. The van der Waals surface area contributed by atoms with E-state index >= 15 is 0 Å². The molecule has 0 saturated carbocycles. The molecule has 2 aromatic carbocycles. The first kappa shape index (κ1) is 15.9. The molecule has 0 heterocycles. The lowest BCUT2D eigenvalue weighted by atomic mass is 9.97. The van der Waals surface area contributed by atoms with Crippen LogP contribution in [0.2, 0.25) is 5.02 Å². The SMILES string of the molecule is CNC(c1ccc(OC(C)C)cc1)c1cccc(C)c1Cl. The van der Waals surface area contributed by atoms with Crippen molar-refractivity contribution in [1.29, 1.82) is 0 Å². The van der Waals surface area contributed by atoms with Gasteiger partial charge in [0.25, 0.3) is 0 Å². The minimum atomic E-state index is 0.0745. The fraction of sp³-hybridized carbons (Fsp3) is 0.333. The van der Waals surface area contributed by atoms with Crippen molar-refractivity contribution >= 4 is 11.6 Å². The number of nitrogens with one attached hydrogen (secondary N) is 1. The van der Waals surface area contributed by atoms with Crippen LogP contribution in [0.15, 0.2) is 42.5 Å². The van der Waals surface area contributed by atoms with E-state index in [0.29, 0.717) is 0 Å². The van der Waals surface area contributed by atoms with Gasteiger partial charge in [0.1, 0.15) is 5.75 Å². The monoisotopic (exact) mass is 303 g/mol. The summed E-state index contributed by atoms with van der Waals surface area (Å²) in [5.74, 6) is 0.888. The lowest BCUT2D eigenvalue weighted by Gasteiger charge is -2.20. The van der Waals surface area contributed by atoms with Gasteiger partial charge in [0.05, 0.1) is 12.1 Å². The molecular formula is C18H22ClNO. The summed E-state index contributed by atoms with van der Waals surface area (Å²) in [7, 11) is 1.95. The lowest BCUT2D eigenvalue weighted by Crippen LogP contribution is -2.18. The molecule has 0 aliphatic carbocycles. The van der Waals surface area contributed by atoms with E-state index in [-0.39, 0.29) is 12.1 Å². The zero-order valence-electron chi connectivity index (χ0n) is 13.0. The molecule has 2 aromatic rings. The number of aryl methyl sites for hydroxylation is 1. The van der Waals surface area contributed by atoms with Gasteiger partial charge in [-0.3, -0.25) is 0 Å². The quantitative estimate of drug-likeness (QED) is 0.861. The molecule has 0 saturated heterocycles. The molecule has 21 heavy (non-hydrogen) atoms. The van der Waals surface area contributed by atoms with Crippen LogP contribution in [0.5, 0.6) is 5.75 Å². The Morgan fingerprint density at radius 2 is 1.71 bits per heavy atom. The maximum absolute atomic E-state index is 6.45. The van der Waals surface area contributed by atoms with Crippen LogP contribution in [0.25, 0.3) is 0 Å². The summed E-state index contributed by atoms with van der Waals surface area (Å²) in [4.78, 5) is 0. The van der Waals surface area contributed by atoms with Gasteiger partial charge in [0.2, 0.25) is 0 Å². The van der Waals surface area contributed by atoms with E-state index in [2.05, 4.69) is 23.5 Å². The van der Waals surface area contributed by atoms with Crippen molar-refractivity contribution in [3.63, 3.8) is 0 Å². The van der Waals surface area contributed by atoms with Crippen molar-refractivity contribution in [2.75, 3.05) is 7.05 Å². The highest BCUT2D eigenvalue weighted by Crippen LogP contribution is 2.31.